The molecule has 0 bridgehead atoms. The highest BCUT2D eigenvalue weighted by atomic mass is 32.2. The smallest absolute Gasteiger partial charge is 0.327 e. The lowest BCUT2D eigenvalue weighted by Crippen LogP contribution is -2.44. The lowest BCUT2D eigenvalue weighted by atomic mass is 9.80. The molecule has 0 unspecified atom stereocenters. The highest BCUT2D eigenvalue weighted by Crippen LogP contribution is 2.46. The number of amides is 1. The average Bonchev–Trinajstić information content (AvgIpc) is 3.51. The number of benzene rings is 1. The summed E-state index contributed by atoms with van der Waals surface area (Å²) in [5.41, 5.74) is 0.722. The number of carboxylic acids is 1. The number of ether oxygens (including phenoxy) is 1. The zero-order chi connectivity index (χ0) is 22.8. The van der Waals surface area contributed by atoms with Gasteiger partial charge in [-0.25, -0.2) is 9.18 Å². The molecule has 1 N–H and O–H groups in total. The summed E-state index contributed by atoms with van der Waals surface area (Å²) in [4.78, 5) is 26.0. The number of carboxylic acid groups (broad SMARTS) is 1. The molecule has 3 rings (SSSR count). The summed E-state index contributed by atoms with van der Waals surface area (Å²) in [6.45, 7) is 10.3. The van der Waals surface area contributed by atoms with Crippen molar-refractivity contribution in [1.82, 2.24) is 4.90 Å². The van der Waals surface area contributed by atoms with Crippen molar-refractivity contribution in [3.05, 3.63) is 41.7 Å². The number of nitrogens with zero attached hydrogens (tertiary/aromatic N) is 1. The zero-order valence-electron chi connectivity index (χ0n) is 18.5. The monoisotopic (exact) mass is 449 g/mol. The van der Waals surface area contributed by atoms with Crippen LogP contribution in [0.15, 0.2) is 24.8 Å². The SMILES string of the molecule is C=CCC(CC)(CC)COc1cc(F)c(C(=O)N2CS[C@@H](C)[C@H]2C(=O)O)cc1C1CC1. The van der Waals surface area contributed by atoms with E-state index in [0.717, 1.165) is 37.7 Å². The van der Waals surface area contributed by atoms with Crippen LogP contribution in [0.4, 0.5) is 4.39 Å². The molecule has 0 radical (unpaired) electrons. The second-order valence-electron chi connectivity index (χ2n) is 8.69. The number of allylic oxidation sites excluding steroid dienone is 1. The van der Waals surface area contributed by atoms with Crippen molar-refractivity contribution < 1.29 is 23.8 Å². The molecule has 1 saturated heterocycles. The first kappa shape index (κ1) is 23.6. The lowest BCUT2D eigenvalue weighted by Gasteiger charge is -2.31. The first-order valence-electron chi connectivity index (χ1n) is 11.0. The molecule has 0 aromatic heterocycles. The second kappa shape index (κ2) is 9.63. The number of hydrogen-bond acceptors (Lipinski definition) is 4. The molecule has 170 valence electrons. The molecule has 31 heavy (non-hydrogen) atoms. The van der Waals surface area contributed by atoms with Crippen molar-refractivity contribution in [2.45, 2.75) is 70.1 Å². The fraction of sp³-hybridized carbons (Fsp3) is 0.583. The number of hydrogen-bond donors (Lipinski definition) is 1. The Kier molecular flexibility index (Phi) is 7.35. The van der Waals surface area contributed by atoms with Gasteiger partial charge >= 0.3 is 5.97 Å². The molecule has 1 aromatic rings. The van der Waals surface area contributed by atoms with E-state index in [0.29, 0.717) is 12.4 Å². The Balaban J connectivity index is 1.88. The summed E-state index contributed by atoms with van der Waals surface area (Å²) in [6, 6.07) is 1.95. The van der Waals surface area contributed by atoms with Gasteiger partial charge in [-0.1, -0.05) is 26.8 Å². The molecule has 1 aliphatic heterocycles. The topological polar surface area (TPSA) is 66.8 Å². The van der Waals surface area contributed by atoms with Gasteiger partial charge in [0.2, 0.25) is 0 Å². The first-order chi connectivity index (χ1) is 14.8. The van der Waals surface area contributed by atoms with Crippen LogP contribution in [0.3, 0.4) is 0 Å². The van der Waals surface area contributed by atoms with Crippen molar-refractivity contribution >= 4 is 23.6 Å². The Hall–Kier alpha value is -2.02. The summed E-state index contributed by atoms with van der Waals surface area (Å²) in [5.74, 6) is -1.32. The van der Waals surface area contributed by atoms with Gasteiger partial charge in [-0.15, -0.1) is 18.3 Å². The molecular formula is C24H32FNO4S. The molecule has 1 heterocycles. The van der Waals surface area contributed by atoms with Crippen LogP contribution in [-0.4, -0.2) is 45.7 Å². The zero-order valence-corrected chi connectivity index (χ0v) is 19.3. The Morgan fingerprint density at radius 2 is 2.03 bits per heavy atom. The highest BCUT2D eigenvalue weighted by Gasteiger charge is 2.41. The molecule has 5 nitrogen and oxygen atoms in total. The van der Waals surface area contributed by atoms with Gasteiger partial charge in [0.05, 0.1) is 18.0 Å². The van der Waals surface area contributed by atoms with Crippen LogP contribution < -0.4 is 4.74 Å². The fourth-order valence-corrected chi connectivity index (χ4v) is 5.33. The van der Waals surface area contributed by atoms with Crippen molar-refractivity contribution in [2.24, 2.45) is 5.41 Å². The van der Waals surface area contributed by atoms with E-state index in [1.54, 1.807) is 13.0 Å². The van der Waals surface area contributed by atoms with Crippen molar-refractivity contribution in [2.75, 3.05) is 12.5 Å². The average molecular weight is 450 g/mol. The van der Waals surface area contributed by atoms with Gasteiger partial charge in [0.25, 0.3) is 5.91 Å². The molecule has 1 saturated carbocycles. The Labute approximate surface area is 188 Å². The van der Waals surface area contributed by atoms with Crippen molar-refractivity contribution in [1.29, 1.82) is 0 Å². The number of carbonyl (C=O) groups is 2. The summed E-state index contributed by atoms with van der Waals surface area (Å²) >= 11 is 1.39. The minimum Gasteiger partial charge on any atom is -0.493 e. The second-order valence-corrected chi connectivity index (χ2v) is 10.0. The predicted molar refractivity (Wildman–Crippen MR) is 121 cm³/mol. The normalized spacial score (nSPS) is 21.2. The highest BCUT2D eigenvalue weighted by molar-refractivity contribution is 8.00. The molecule has 7 heteroatoms. The third-order valence-corrected chi connectivity index (χ3v) is 7.94. The van der Waals surface area contributed by atoms with Gasteiger partial charge in [0, 0.05) is 16.7 Å². The van der Waals surface area contributed by atoms with Crippen LogP contribution in [0.5, 0.6) is 5.75 Å². The van der Waals surface area contributed by atoms with Crippen molar-refractivity contribution in [3.8, 4) is 5.75 Å². The number of carbonyl (C=O) groups excluding carboxylic acids is 1. The van der Waals surface area contributed by atoms with E-state index >= 15 is 4.39 Å². The Morgan fingerprint density at radius 1 is 1.35 bits per heavy atom. The maximum Gasteiger partial charge on any atom is 0.327 e. The third kappa shape index (κ3) is 4.92. The quantitative estimate of drug-likeness (QED) is 0.481. The fourth-order valence-electron chi connectivity index (χ4n) is 4.21. The van der Waals surface area contributed by atoms with Gasteiger partial charge in [-0.3, -0.25) is 4.79 Å². The van der Waals surface area contributed by atoms with E-state index in [4.69, 9.17) is 4.74 Å². The van der Waals surface area contributed by atoms with Crippen LogP contribution in [0.1, 0.15) is 74.7 Å². The van der Waals surface area contributed by atoms with Crippen LogP contribution in [0, 0.1) is 11.2 Å². The molecule has 0 spiro atoms. The molecule has 2 aliphatic rings. The molecule has 1 amide bonds. The van der Waals surface area contributed by atoms with Crippen LogP contribution in [0.2, 0.25) is 0 Å². The van der Waals surface area contributed by atoms with Gasteiger partial charge in [-0.05, 0) is 49.7 Å². The predicted octanol–water partition coefficient (Wildman–Crippen LogP) is 5.45. The Bertz CT molecular complexity index is 850. The van der Waals surface area contributed by atoms with E-state index in [-0.39, 0.29) is 28.0 Å². The molecular weight excluding hydrogens is 417 g/mol. The molecule has 2 fully saturated rings. The first-order valence-corrected chi connectivity index (χ1v) is 12.0. The van der Waals surface area contributed by atoms with E-state index in [9.17, 15) is 14.7 Å². The van der Waals surface area contributed by atoms with Crippen LogP contribution in [-0.2, 0) is 4.79 Å². The lowest BCUT2D eigenvalue weighted by molar-refractivity contribution is -0.141. The minimum absolute atomic E-state index is 0.0504. The van der Waals surface area contributed by atoms with E-state index in [1.165, 1.54) is 22.7 Å². The van der Waals surface area contributed by atoms with E-state index < -0.39 is 23.7 Å². The number of rotatable bonds is 10. The summed E-state index contributed by atoms with van der Waals surface area (Å²) in [5, 5.41) is 9.29. The molecule has 1 aromatic carbocycles. The maximum absolute atomic E-state index is 15.1. The third-order valence-electron chi connectivity index (χ3n) is 6.73. The van der Waals surface area contributed by atoms with Gasteiger partial charge in [0.1, 0.15) is 17.6 Å². The summed E-state index contributed by atoms with van der Waals surface area (Å²) < 4.78 is 21.2. The number of aliphatic carboxylic acids is 1. The van der Waals surface area contributed by atoms with Gasteiger partial charge < -0.3 is 14.7 Å². The minimum atomic E-state index is -1.06. The van der Waals surface area contributed by atoms with Crippen LogP contribution in [0.25, 0.3) is 0 Å². The molecule has 2 atom stereocenters. The standard InChI is InChI=1S/C24H32FNO4S/c1-5-10-24(6-2,7-3)13-30-20-12-19(25)18(11-17(20)16-8-9-16)22(27)26-14-31-15(4)21(26)23(28)29/h5,11-12,15-16,21H,1,6-10,13-14H2,2-4H3,(H,28,29)/t15-,21-/m0/s1. The van der Waals surface area contributed by atoms with Crippen LogP contribution >= 0.6 is 11.8 Å². The molecule has 1 aliphatic carbocycles. The summed E-state index contributed by atoms with van der Waals surface area (Å²) in [7, 11) is 0. The number of thioether (sulfide) groups is 1. The maximum atomic E-state index is 15.1. The Morgan fingerprint density at radius 3 is 2.58 bits per heavy atom. The van der Waals surface area contributed by atoms with Crippen molar-refractivity contribution in [3.63, 3.8) is 0 Å². The van der Waals surface area contributed by atoms with E-state index in [2.05, 4.69) is 20.4 Å². The number of halogens is 1. The van der Waals surface area contributed by atoms with Gasteiger partial charge in [0.15, 0.2) is 0 Å². The largest absolute Gasteiger partial charge is 0.493 e. The van der Waals surface area contributed by atoms with Gasteiger partial charge in [-0.2, -0.15) is 0 Å². The summed E-state index contributed by atoms with van der Waals surface area (Å²) in [6.07, 6.45) is 6.52. The van der Waals surface area contributed by atoms with E-state index in [1.807, 2.05) is 6.08 Å².